The monoisotopic (exact) mass is 444 g/mol. The summed E-state index contributed by atoms with van der Waals surface area (Å²) < 4.78 is 39.7. The van der Waals surface area contributed by atoms with Crippen molar-refractivity contribution in [3.63, 3.8) is 0 Å². The third-order valence-electron chi connectivity index (χ3n) is 4.14. The van der Waals surface area contributed by atoms with E-state index in [1.54, 1.807) is 42.5 Å². The lowest BCUT2D eigenvalue weighted by Crippen LogP contribution is -2.29. The molecule has 0 radical (unpaired) electrons. The molecule has 1 amide bonds. The zero-order valence-electron chi connectivity index (χ0n) is 16.4. The normalized spacial score (nSPS) is 16.9. The Kier molecular flexibility index (Phi) is 6.63. The predicted octanol–water partition coefficient (Wildman–Crippen LogP) is 3.55. The number of carbonyl (C=O) groups is 1. The highest BCUT2D eigenvalue weighted by molar-refractivity contribution is 8.19. The van der Waals surface area contributed by atoms with E-state index in [1.807, 2.05) is 0 Å². The van der Waals surface area contributed by atoms with Crippen molar-refractivity contribution in [1.82, 2.24) is 4.90 Å². The molecule has 0 N–H and O–H groups in total. The lowest BCUT2D eigenvalue weighted by atomic mass is 10.2. The molecule has 1 aliphatic rings. The summed E-state index contributed by atoms with van der Waals surface area (Å²) in [6.45, 7) is 3.78. The number of benzene rings is 2. The van der Waals surface area contributed by atoms with Crippen LogP contribution >= 0.6 is 11.8 Å². The van der Waals surface area contributed by atoms with Crippen LogP contribution in [0.15, 0.2) is 75.4 Å². The van der Waals surface area contributed by atoms with E-state index in [2.05, 4.69) is 11.0 Å². The number of ether oxygens (including phenoxy) is 2. The summed E-state index contributed by atoms with van der Waals surface area (Å²) in [6, 6.07) is 13.1. The number of methoxy groups -OCH3 is 2. The number of hydrogen-bond donors (Lipinski definition) is 0. The average Bonchev–Trinajstić information content (AvgIpc) is 3.02. The molecule has 9 heteroatoms. The van der Waals surface area contributed by atoms with Crippen LogP contribution < -0.4 is 9.47 Å². The van der Waals surface area contributed by atoms with Crippen molar-refractivity contribution >= 4 is 38.9 Å². The first-order chi connectivity index (χ1) is 14.4. The minimum atomic E-state index is -3.96. The number of nitrogens with zero attached hydrogens (tertiary/aromatic N) is 2. The maximum atomic E-state index is 12.9. The lowest BCUT2D eigenvalue weighted by Gasteiger charge is -2.12. The van der Waals surface area contributed by atoms with Gasteiger partial charge in [0.15, 0.2) is 16.7 Å². The van der Waals surface area contributed by atoms with Crippen LogP contribution in [-0.2, 0) is 14.8 Å². The van der Waals surface area contributed by atoms with Crippen LogP contribution in [0.4, 0.5) is 0 Å². The largest absolute Gasteiger partial charge is 0.493 e. The van der Waals surface area contributed by atoms with Crippen LogP contribution in [0.1, 0.15) is 5.56 Å². The summed E-state index contributed by atoms with van der Waals surface area (Å²) >= 11 is 0.995. The smallest absolute Gasteiger partial charge is 0.284 e. The van der Waals surface area contributed by atoms with E-state index in [0.29, 0.717) is 22.0 Å². The molecule has 0 unspecified atom stereocenters. The molecule has 0 aromatic heterocycles. The maximum absolute atomic E-state index is 12.9. The zero-order chi connectivity index (χ0) is 21.7. The van der Waals surface area contributed by atoms with Gasteiger partial charge in [0.05, 0.1) is 24.0 Å². The molecular weight excluding hydrogens is 424 g/mol. The van der Waals surface area contributed by atoms with Gasteiger partial charge in [-0.25, -0.2) is 0 Å². The highest BCUT2D eigenvalue weighted by Crippen LogP contribution is 2.35. The molecule has 0 atom stereocenters. The van der Waals surface area contributed by atoms with Gasteiger partial charge in [-0.2, -0.15) is 8.42 Å². The first kappa shape index (κ1) is 21.7. The standard InChI is InChI=1S/C21H20N2O5S2/c1-4-12-23-20(24)19(14-15-10-11-17(27-2)18(13-15)28-3)29-21(23)22-30(25,26)16-8-6-5-7-9-16/h4-11,13-14H,1,12H2,2-3H3/b19-14-,22-21+. The molecule has 0 bridgehead atoms. The van der Waals surface area contributed by atoms with Crippen molar-refractivity contribution in [3.8, 4) is 11.5 Å². The van der Waals surface area contributed by atoms with Crippen molar-refractivity contribution in [2.75, 3.05) is 20.8 Å². The Balaban J connectivity index is 1.99. The molecule has 156 valence electrons. The summed E-state index contributed by atoms with van der Waals surface area (Å²) in [5.41, 5.74) is 0.703. The number of amidine groups is 1. The van der Waals surface area contributed by atoms with Crippen LogP contribution in [0.5, 0.6) is 11.5 Å². The number of sulfonamides is 1. The number of amides is 1. The predicted molar refractivity (Wildman–Crippen MR) is 118 cm³/mol. The van der Waals surface area contributed by atoms with Crippen molar-refractivity contribution in [1.29, 1.82) is 0 Å². The van der Waals surface area contributed by atoms with E-state index >= 15 is 0 Å². The number of rotatable bonds is 7. The van der Waals surface area contributed by atoms with E-state index in [-0.39, 0.29) is 22.5 Å². The summed E-state index contributed by atoms with van der Waals surface area (Å²) in [5.74, 6) is 0.733. The SMILES string of the molecule is C=CCN1C(=O)/C(=C/c2ccc(OC)c(OC)c2)S/C1=N/S(=O)(=O)c1ccccc1. The van der Waals surface area contributed by atoms with Gasteiger partial charge in [0, 0.05) is 6.54 Å². The highest BCUT2D eigenvalue weighted by atomic mass is 32.2. The summed E-state index contributed by atoms with van der Waals surface area (Å²) in [7, 11) is -0.899. The number of thioether (sulfide) groups is 1. The first-order valence-corrected chi connectivity index (χ1v) is 11.1. The minimum Gasteiger partial charge on any atom is -0.493 e. The molecule has 1 aliphatic heterocycles. The van der Waals surface area contributed by atoms with Crippen LogP contribution in [-0.4, -0.2) is 45.2 Å². The second kappa shape index (κ2) is 9.19. The molecule has 1 saturated heterocycles. The molecule has 0 spiro atoms. The first-order valence-electron chi connectivity index (χ1n) is 8.84. The molecule has 1 heterocycles. The third kappa shape index (κ3) is 4.58. The molecule has 1 fully saturated rings. The molecule has 30 heavy (non-hydrogen) atoms. The average molecular weight is 445 g/mol. The Hall–Kier alpha value is -3.04. The zero-order valence-corrected chi connectivity index (χ0v) is 18.1. The summed E-state index contributed by atoms with van der Waals surface area (Å²) in [5, 5.41) is 0.0791. The van der Waals surface area contributed by atoms with Crippen molar-refractivity contribution in [2.45, 2.75) is 4.90 Å². The van der Waals surface area contributed by atoms with Crippen LogP contribution in [0, 0.1) is 0 Å². The van der Waals surface area contributed by atoms with Gasteiger partial charge in [0.1, 0.15) is 0 Å². The second-order valence-corrected chi connectivity index (χ2v) is 8.70. The fraction of sp³-hybridized carbons (Fsp3) is 0.143. The van der Waals surface area contributed by atoms with E-state index in [1.165, 1.54) is 37.3 Å². The summed E-state index contributed by atoms with van der Waals surface area (Å²) in [4.78, 5) is 14.5. The van der Waals surface area contributed by atoms with Gasteiger partial charge in [-0.15, -0.1) is 11.0 Å². The maximum Gasteiger partial charge on any atom is 0.284 e. The van der Waals surface area contributed by atoms with Crippen molar-refractivity contribution < 1.29 is 22.7 Å². The molecule has 3 rings (SSSR count). The molecule has 2 aromatic carbocycles. The Labute approximate surface area is 179 Å². The van der Waals surface area contributed by atoms with Gasteiger partial charge in [-0.1, -0.05) is 30.3 Å². The Morgan fingerprint density at radius 2 is 1.80 bits per heavy atom. The molecule has 2 aromatic rings. The van der Waals surface area contributed by atoms with Gasteiger partial charge >= 0.3 is 0 Å². The Bertz CT molecular complexity index is 1130. The van der Waals surface area contributed by atoms with E-state index in [4.69, 9.17) is 9.47 Å². The van der Waals surface area contributed by atoms with Gasteiger partial charge in [0.2, 0.25) is 0 Å². The second-order valence-electron chi connectivity index (χ2n) is 6.09. The van der Waals surface area contributed by atoms with E-state index < -0.39 is 10.0 Å². The van der Waals surface area contributed by atoms with Crippen molar-refractivity contribution in [3.05, 3.63) is 71.7 Å². The van der Waals surface area contributed by atoms with Gasteiger partial charge in [0.25, 0.3) is 15.9 Å². The quantitative estimate of drug-likeness (QED) is 0.480. The molecule has 0 aliphatic carbocycles. The highest BCUT2D eigenvalue weighted by Gasteiger charge is 2.34. The molecule has 0 saturated carbocycles. The van der Waals surface area contributed by atoms with Crippen LogP contribution in [0.25, 0.3) is 6.08 Å². The molecular formula is C21H20N2O5S2. The Morgan fingerprint density at radius 1 is 1.10 bits per heavy atom. The van der Waals surface area contributed by atoms with Crippen LogP contribution in [0.2, 0.25) is 0 Å². The van der Waals surface area contributed by atoms with Crippen LogP contribution in [0.3, 0.4) is 0 Å². The number of carbonyl (C=O) groups excluding carboxylic acids is 1. The summed E-state index contributed by atoms with van der Waals surface area (Å²) in [6.07, 6.45) is 3.17. The van der Waals surface area contributed by atoms with E-state index in [0.717, 1.165) is 11.8 Å². The van der Waals surface area contributed by atoms with Crippen molar-refractivity contribution in [2.24, 2.45) is 4.40 Å². The fourth-order valence-electron chi connectivity index (χ4n) is 2.71. The fourth-order valence-corrected chi connectivity index (χ4v) is 4.92. The lowest BCUT2D eigenvalue weighted by molar-refractivity contribution is -0.121. The topological polar surface area (TPSA) is 85.3 Å². The van der Waals surface area contributed by atoms with Gasteiger partial charge in [-0.3, -0.25) is 9.69 Å². The molecule has 7 nitrogen and oxygen atoms in total. The third-order valence-corrected chi connectivity index (χ3v) is 6.55. The van der Waals surface area contributed by atoms with Gasteiger partial charge < -0.3 is 9.47 Å². The van der Waals surface area contributed by atoms with Gasteiger partial charge in [-0.05, 0) is 47.7 Å². The van der Waals surface area contributed by atoms with E-state index in [9.17, 15) is 13.2 Å². The Morgan fingerprint density at radius 3 is 2.43 bits per heavy atom. The number of hydrogen-bond acceptors (Lipinski definition) is 6. The minimum absolute atomic E-state index is 0.0569.